The second-order valence-electron chi connectivity index (χ2n) is 5.66. The summed E-state index contributed by atoms with van der Waals surface area (Å²) in [5.74, 6) is 0.0939. The molecule has 1 amide bonds. The van der Waals surface area contributed by atoms with Crippen molar-refractivity contribution in [3.05, 3.63) is 47.0 Å². The molecule has 7 nitrogen and oxygen atoms in total. The Kier molecular flexibility index (Phi) is 5.71. The predicted octanol–water partition coefficient (Wildman–Crippen LogP) is 3.65. The number of halogens is 1. The van der Waals surface area contributed by atoms with Gasteiger partial charge in [0.15, 0.2) is 17.6 Å². The lowest BCUT2D eigenvalue weighted by Gasteiger charge is -2.16. The lowest BCUT2D eigenvalue weighted by Crippen LogP contribution is -2.30. The summed E-state index contributed by atoms with van der Waals surface area (Å²) in [6, 6.07) is 9.88. The molecule has 0 radical (unpaired) electrons. The standard InChI is InChI=1S/C19H18ClNO6/c1-3-24-15-7-5-4-6-14(15)21-18(22)11(2)27-19(23)12-8-13(20)17-16(9-12)25-10-26-17/h4-9,11H,3,10H2,1-2H3,(H,21,22)/t11-/m0/s1. The third kappa shape index (κ3) is 4.25. The number of para-hydroxylation sites is 2. The minimum atomic E-state index is -1.03. The summed E-state index contributed by atoms with van der Waals surface area (Å²) in [5, 5.41) is 2.93. The molecule has 0 bridgehead atoms. The summed E-state index contributed by atoms with van der Waals surface area (Å²) in [5.41, 5.74) is 0.664. The molecule has 2 aromatic rings. The van der Waals surface area contributed by atoms with E-state index < -0.39 is 18.0 Å². The van der Waals surface area contributed by atoms with Crippen LogP contribution in [-0.4, -0.2) is 31.4 Å². The van der Waals surface area contributed by atoms with Crippen molar-refractivity contribution >= 4 is 29.2 Å². The SMILES string of the molecule is CCOc1ccccc1NC(=O)[C@H](C)OC(=O)c1cc(Cl)c2c(c1)OCO2. The molecule has 0 saturated carbocycles. The smallest absolute Gasteiger partial charge is 0.339 e. The highest BCUT2D eigenvalue weighted by Crippen LogP contribution is 2.40. The first-order chi connectivity index (χ1) is 13.0. The fourth-order valence-electron chi connectivity index (χ4n) is 2.45. The monoisotopic (exact) mass is 391 g/mol. The zero-order valence-electron chi connectivity index (χ0n) is 14.8. The molecule has 142 valence electrons. The molecule has 1 aliphatic rings. The van der Waals surface area contributed by atoms with Gasteiger partial charge in [-0.2, -0.15) is 0 Å². The number of carbonyl (C=O) groups is 2. The van der Waals surface area contributed by atoms with E-state index >= 15 is 0 Å². The van der Waals surface area contributed by atoms with Crippen molar-refractivity contribution < 1.29 is 28.5 Å². The molecule has 2 aromatic carbocycles. The molecule has 0 saturated heterocycles. The number of rotatable bonds is 6. The fraction of sp³-hybridized carbons (Fsp3) is 0.263. The Morgan fingerprint density at radius 3 is 2.81 bits per heavy atom. The molecule has 27 heavy (non-hydrogen) atoms. The molecule has 1 aliphatic heterocycles. The van der Waals surface area contributed by atoms with Gasteiger partial charge in [-0.15, -0.1) is 0 Å². The molecule has 3 rings (SSSR count). The first-order valence-corrected chi connectivity index (χ1v) is 8.70. The maximum Gasteiger partial charge on any atom is 0.339 e. The van der Waals surface area contributed by atoms with Crippen LogP contribution in [0.1, 0.15) is 24.2 Å². The van der Waals surface area contributed by atoms with Gasteiger partial charge in [0.2, 0.25) is 6.79 Å². The van der Waals surface area contributed by atoms with Crippen LogP contribution in [0.5, 0.6) is 17.2 Å². The highest BCUT2D eigenvalue weighted by Gasteiger charge is 2.24. The normalized spacial score (nSPS) is 13.0. The first-order valence-electron chi connectivity index (χ1n) is 8.32. The number of benzene rings is 2. The van der Waals surface area contributed by atoms with E-state index in [9.17, 15) is 9.59 Å². The average molecular weight is 392 g/mol. The molecule has 1 atom stereocenters. The number of amides is 1. The summed E-state index contributed by atoms with van der Waals surface area (Å²) >= 11 is 6.07. The Morgan fingerprint density at radius 1 is 1.26 bits per heavy atom. The number of esters is 1. The van der Waals surface area contributed by atoms with Gasteiger partial charge in [0.25, 0.3) is 5.91 Å². The van der Waals surface area contributed by atoms with Crippen LogP contribution >= 0.6 is 11.6 Å². The fourth-order valence-corrected chi connectivity index (χ4v) is 2.72. The third-order valence-corrected chi connectivity index (χ3v) is 4.04. The molecular formula is C19H18ClNO6. The maximum atomic E-state index is 12.4. The Morgan fingerprint density at radius 2 is 2.04 bits per heavy atom. The van der Waals surface area contributed by atoms with Crippen molar-refractivity contribution in [3.63, 3.8) is 0 Å². The molecule has 0 fully saturated rings. The van der Waals surface area contributed by atoms with E-state index in [1.807, 2.05) is 6.92 Å². The van der Waals surface area contributed by atoms with Gasteiger partial charge in [-0.05, 0) is 38.1 Å². The van der Waals surface area contributed by atoms with Crippen molar-refractivity contribution in [1.82, 2.24) is 0 Å². The first kappa shape index (κ1) is 18.8. The largest absolute Gasteiger partial charge is 0.492 e. The van der Waals surface area contributed by atoms with Crippen molar-refractivity contribution in [1.29, 1.82) is 0 Å². The minimum Gasteiger partial charge on any atom is -0.492 e. The van der Waals surface area contributed by atoms with E-state index in [0.29, 0.717) is 29.5 Å². The molecule has 0 aromatic heterocycles. The number of hydrogen-bond acceptors (Lipinski definition) is 6. The van der Waals surface area contributed by atoms with Crippen LogP contribution in [0.3, 0.4) is 0 Å². The number of anilines is 1. The summed E-state index contributed by atoms with van der Waals surface area (Å²) in [6.07, 6.45) is -1.03. The van der Waals surface area contributed by atoms with E-state index in [2.05, 4.69) is 5.32 Å². The Bertz CT molecular complexity index is 869. The van der Waals surface area contributed by atoms with Gasteiger partial charge < -0.3 is 24.3 Å². The third-order valence-electron chi connectivity index (χ3n) is 3.76. The van der Waals surface area contributed by atoms with E-state index in [0.717, 1.165) is 0 Å². The van der Waals surface area contributed by atoms with Gasteiger partial charge in [-0.1, -0.05) is 23.7 Å². The van der Waals surface area contributed by atoms with E-state index in [-0.39, 0.29) is 17.4 Å². The second-order valence-corrected chi connectivity index (χ2v) is 6.07. The van der Waals surface area contributed by atoms with Gasteiger partial charge in [-0.25, -0.2) is 4.79 Å². The van der Waals surface area contributed by atoms with Crippen LogP contribution in [0.4, 0.5) is 5.69 Å². The topological polar surface area (TPSA) is 83.1 Å². The second kappa shape index (κ2) is 8.18. The number of fused-ring (bicyclic) bond motifs is 1. The van der Waals surface area contributed by atoms with Crippen molar-refractivity contribution in [2.45, 2.75) is 20.0 Å². The molecule has 0 unspecified atom stereocenters. The summed E-state index contributed by atoms with van der Waals surface area (Å²) in [4.78, 5) is 24.7. The van der Waals surface area contributed by atoms with Crippen molar-refractivity contribution in [2.24, 2.45) is 0 Å². The number of hydrogen-bond donors (Lipinski definition) is 1. The van der Waals surface area contributed by atoms with E-state index in [4.69, 9.17) is 30.5 Å². The molecule has 1 N–H and O–H groups in total. The highest BCUT2D eigenvalue weighted by molar-refractivity contribution is 6.32. The molecule has 8 heteroatoms. The Balaban J connectivity index is 1.66. The Hall–Kier alpha value is -2.93. The van der Waals surface area contributed by atoms with Gasteiger partial charge in [0.1, 0.15) is 5.75 Å². The molecule has 1 heterocycles. The maximum absolute atomic E-state index is 12.4. The van der Waals surface area contributed by atoms with Crippen molar-refractivity contribution in [3.8, 4) is 17.2 Å². The van der Waals surface area contributed by atoms with Gasteiger partial charge in [-0.3, -0.25) is 4.79 Å². The number of nitrogens with one attached hydrogen (secondary N) is 1. The van der Waals surface area contributed by atoms with Crippen LogP contribution in [0.2, 0.25) is 5.02 Å². The zero-order valence-corrected chi connectivity index (χ0v) is 15.5. The lowest BCUT2D eigenvalue weighted by atomic mass is 10.2. The van der Waals surface area contributed by atoms with Crippen LogP contribution in [0.15, 0.2) is 36.4 Å². The predicted molar refractivity (Wildman–Crippen MR) is 98.7 cm³/mol. The molecular weight excluding hydrogens is 374 g/mol. The van der Waals surface area contributed by atoms with E-state index in [1.165, 1.54) is 19.1 Å². The van der Waals surface area contributed by atoms with Crippen LogP contribution < -0.4 is 19.5 Å². The average Bonchev–Trinajstić information content (AvgIpc) is 3.12. The Labute approximate surface area is 161 Å². The zero-order chi connectivity index (χ0) is 19.4. The van der Waals surface area contributed by atoms with Gasteiger partial charge >= 0.3 is 5.97 Å². The molecule has 0 spiro atoms. The van der Waals surface area contributed by atoms with E-state index in [1.54, 1.807) is 24.3 Å². The van der Waals surface area contributed by atoms with Gasteiger partial charge in [0, 0.05) is 0 Å². The highest BCUT2D eigenvalue weighted by atomic mass is 35.5. The number of carbonyl (C=O) groups excluding carboxylic acids is 2. The summed E-state index contributed by atoms with van der Waals surface area (Å²) in [6.45, 7) is 3.82. The summed E-state index contributed by atoms with van der Waals surface area (Å²) in [7, 11) is 0. The van der Waals surface area contributed by atoms with Crippen LogP contribution in [-0.2, 0) is 9.53 Å². The van der Waals surface area contributed by atoms with Crippen LogP contribution in [0, 0.1) is 0 Å². The molecule has 0 aliphatic carbocycles. The minimum absolute atomic E-state index is 0.0333. The van der Waals surface area contributed by atoms with Crippen LogP contribution in [0.25, 0.3) is 0 Å². The summed E-state index contributed by atoms with van der Waals surface area (Å²) < 4.78 is 21.1. The number of ether oxygens (including phenoxy) is 4. The lowest BCUT2D eigenvalue weighted by molar-refractivity contribution is -0.123. The van der Waals surface area contributed by atoms with Gasteiger partial charge in [0.05, 0.1) is 22.9 Å². The quantitative estimate of drug-likeness (QED) is 0.757. The van der Waals surface area contributed by atoms with Crippen molar-refractivity contribution in [2.75, 3.05) is 18.7 Å².